The maximum atomic E-state index is 5.79. The number of rotatable bonds is 2. The van der Waals surface area contributed by atoms with Crippen molar-refractivity contribution in [1.82, 2.24) is 4.98 Å². The van der Waals surface area contributed by atoms with Gasteiger partial charge in [-0.25, -0.2) is 4.98 Å². The highest BCUT2D eigenvalue weighted by Crippen LogP contribution is 2.43. The molecule has 0 radical (unpaired) electrons. The highest BCUT2D eigenvalue weighted by molar-refractivity contribution is 7.11. The van der Waals surface area contributed by atoms with Gasteiger partial charge in [0.15, 0.2) is 0 Å². The van der Waals surface area contributed by atoms with E-state index in [1.807, 2.05) is 6.20 Å². The van der Waals surface area contributed by atoms with Gasteiger partial charge in [-0.3, -0.25) is 0 Å². The van der Waals surface area contributed by atoms with Gasteiger partial charge in [0.05, 0.1) is 10.9 Å². The average molecular weight is 244 g/mol. The highest BCUT2D eigenvalue weighted by Gasteiger charge is 2.28. The van der Waals surface area contributed by atoms with Crippen molar-refractivity contribution in [3.05, 3.63) is 16.1 Å². The maximum absolute atomic E-state index is 5.79. The molecule has 0 aromatic carbocycles. The van der Waals surface area contributed by atoms with Crippen LogP contribution < -0.4 is 0 Å². The Morgan fingerprint density at radius 1 is 1.47 bits per heavy atom. The summed E-state index contributed by atoms with van der Waals surface area (Å²) in [6.07, 6.45) is 7.18. The highest BCUT2D eigenvalue weighted by atomic mass is 35.5. The van der Waals surface area contributed by atoms with E-state index in [0.717, 1.165) is 0 Å². The van der Waals surface area contributed by atoms with Gasteiger partial charge in [-0.05, 0) is 31.1 Å². The van der Waals surface area contributed by atoms with Gasteiger partial charge in [0.2, 0.25) is 0 Å². The Labute approximate surface area is 101 Å². The molecule has 0 N–H and O–H groups in total. The SMILES string of the molecule is CC1(C)CCC(c2ncc(CCl)s2)CC1. The lowest BCUT2D eigenvalue weighted by atomic mass is 9.73. The van der Waals surface area contributed by atoms with Crippen LogP contribution in [0, 0.1) is 5.41 Å². The summed E-state index contributed by atoms with van der Waals surface area (Å²) in [7, 11) is 0. The smallest absolute Gasteiger partial charge is 0.0959 e. The van der Waals surface area contributed by atoms with Crippen molar-refractivity contribution in [2.45, 2.75) is 51.3 Å². The molecule has 0 bridgehead atoms. The van der Waals surface area contributed by atoms with Gasteiger partial charge in [0.1, 0.15) is 0 Å². The first kappa shape index (κ1) is 11.4. The van der Waals surface area contributed by atoms with Crippen molar-refractivity contribution in [1.29, 1.82) is 0 Å². The molecule has 1 fully saturated rings. The van der Waals surface area contributed by atoms with Crippen LogP contribution in [0.4, 0.5) is 0 Å². The second kappa shape index (κ2) is 4.42. The quantitative estimate of drug-likeness (QED) is 0.694. The third kappa shape index (κ3) is 2.73. The van der Waals surface area contributed by atoms with Crippen molar-refractivity contribution in [3.8, 4) is 0 Å². The van der Waals surface area contributed by atoms with Crippen LogP contribution in [0.3, 0.4) is 0 Å². The van der Waals surface area contributed by atoms with E-state index in [1.165, 1.54) is 35.6 Å². The Hall–Kier alpha value is -0.0800. The van der Waals surface area contributed by atoms with Crippen molar-refractivity contribution >= 4 is 22.9 Å². The number of nitrogens with zero attached hydrogens (tertiary/aromatic N) is 1. The molecule has 3 heteroatoms. The monoisotopic (exact) mass is 243 g/mol. The predicted molar refractivity (Wildman–Crippen MR) is 66.7 cm³/mol. The Morgan fingerprint density at radius 2 is 2.13 bits per heavy atom. The molecule has 1 aliphatic carbocycles. The number of aromatic nitrogens is 1. The van der Waals surface area contributed by atoms with Crippen molar-refractivity contribution in [2.24, 2.45) is 5.41 Å². The van der Waals surface area contributed by atoms with E-state index < -0.39 is 0 Å². The van der Waals surface area contributed by atoms with Crippen LogP contribution in [0.1, 0.15) is 55.3 Å². The van der Waals surface area contributed by atoms with Gasteiger partial charge >= 0.3 is 0 Å². The summed E-state index contributed by atoms with van der Waals surface area (Å²) in [4.78, 5) is 5.70. The van der Waals surface area contributed by atoms with E-state index in [0.29, 0.717) is 17.2 Å². The molecule has 1 nitrogen and oxygen atoms in total. The zero-order valence-corrected chi connectivity index (χ0v) is 11.0. The first-order valence-corrected chi connectivity index (χ1v) is 6.96. The molecule has 1 aromatic rings. The molecule has 0 spiro atoms. The van der Waals surface area contributed by atoms with Crippen LogP contribution in [-0.4, -0.2) is 4.98 Å². The van der Waals surface area contributed by atoms with E-state index in [1.54, 1.807) is 11.3 Å². The average Bonchev–Trinajstić information content (AvgIpc) is 2.66. The van der Waals surface area contributed by atoms with Gasteiger partial charge in [0, 0.05) is 17.0 Å². The minimum atomic E-state index is 0.545. The van der Waals surface area contributed by atoms with Gasteiger partial charge in [-0.2, -0.15) is 0 Å². The summed E-state index contributed by atoms with van der Waals surface area (Å²) < 4.78 is 0. The summed E-state index contributed by atoms with van der Waals surface area (Å²) >= 11 is 7.59. The largest absolute Gasteiger partial charge is 0.249 e. The molecule has 0 aliphatic heterocycles. The Kier molecular flexibility index (Phi) is 3.36. The minimum Gasteiger partial charge on any atom is -0.249 e. The van der Waals surface area contributed by atoms with Crippen molar-refractivity contribution in [3.63, 3.8) is 0 Å². The van der Waals surface area contributed by atoms with Crippen LogP contribution in [0.25, 0.3) is 0 Å². The lowest BCUT2D eigenvalue weighted by Gasteiger charge is -2.33. The maximum Gasteiger partial charge on any atom is 0.0959 e. The predicted octanol–water partition coefficient (Wildman–Crippen LogP) is 4.57. The number of alkyl halides is 1. The van der Waals surface area contributed by atoms with Crippen LogP contribution in [-0.2, 0) is 5.88 Å². The summed E-state index contributed by atoms with van der Waals surface area (Å²) in [5.74, 6) is 1.30. The standard InChI is InChI=1S/C12H18ClNS/c1-12(2)5-3-9(4-6-12)11-14-8-10(7-13)15-11/h8-9H,3-7H2,1-2H3. The summed E-state index contributed by atoms with van der Waals surface area (Å²) in [6, 6.07) is 0. The summed E-state index contributed by atoms with van der Waals surface area (Å²) in [5.41, 5.74) is 0.545. The second-order valence-corrected chi connectivity index (χ2v) is 6.65. The number of thiazole rings is 1. The zero-order valence-electron chi connectivity index (χ0n) is 9.42. The lowest BCUT2D eigenvalue weighted by molar-refractivity contribution is 0.224. The van der Waals surface area contributed by atoms with E-state index in [-0.39, 0.29) is 0 Å². The molecule has 1 saturated carbocycles. The first-order chi connectivity index (χ1) is 7.11. The Balaban J connectivity index is 2.01. The molecule has 0 saturated heterocycles. The lowest BCUT2D eigenvalue weighted by Crippen LogP contribution is -2.20. The molecular formula is C12H18ClNS. The van der Waals surface area contributed by atoms with Crippen LogP contribution in [0.15, 0.2) is 6.20 Å². The van der Waals surface area contributed by atoms with Crippen LogP contribution in [0.5, 0.6) is 0 Å². The van der Waals surface area contributed by atoms with E-state index in [2.05, 4.69) is 18.8 Å². The Morgan fingerprint density at radius 3 is 2.67 bits per heavy atom. The third-order valence-electron chi connectivity index (χ3n) is 3.39. The topological polar surface area (TPSA) is 12.9 Å². The number of halogens is 1. The van der Waals surface area contributed by atoms with Crippen molar-refractivity contribution < 1.29 is 0 Å². The van der Waals surface area contributed by atoms with Gasteiger partial charge in [-0.1, -0.05) is 13.8 Å². The summed E-state index contributed by atoms with van der Waals surface area (Å²) in [6.45, 7) is 4.74. The fourth-order valence-electron chi connectivity index (χ4n) is 2.22. The van der Waals surface area contributed by atoms with Crippen molar-refractivity contribution in [2.75, 3.05) is 0 Å². The molecular weight excluding hydrogens is 226 g/mol. The molecule has 1 aliphatic rings. The van der Waals surface area contributed by atoms with Crippen LogP contribution >= 0.6 is 22.9 Å². The number of hydrogen-bond acceptors (Lipinski definition) is 2. The fraction of sp³-hybridized carbons (Fsp3) is 0.750. The minimum absolute atomic E-state index is 0.545. The fourth-order valence-corrected chi connectivity index (χ4v) is 3.39. The van der Waals surface area contributed by atoms with Crippen LogP contribution in [0.2, 0.25) is 0 Å². The summed E-state index contributed by atoms with van der Waals surface area (Å²) in [5, 5.41) is 1.31. The first-order valence-electron chi connectivity index (χ1n) is 5.61. The molecule has 0 amide bonds. The van der Waals surface area contributed by atoms with E-state index in [9.17, 15) is 0 Å². The molecule has 0 atom stereocenters. The molecule has 1 aromatic heterocycles. The van der Waals surface area contributed by atoms with Gasteiger partial charge in [0.25, 0.3) is 0 Å². The molecule has 2 rings (SSSR count). The zero-order chi connectivity index (χ0) is 10.9. The van der Waals surface area contributed by atoms with E-state index in [4.69, 9.17) is 11.6 Å². The molecule has 0 unspecified atom stereocenters. The number of hydrogen-bond donors (Lipinski definition) is 0. The van der Waals surface area contributed by atoms with Gasteiger partial charge < -0.3 is 0 Å². The van der Waals surface area contributed by atoms with E-state index >= 15 is 0 Å². The second-order valence-electron chi connectivity index (χ2n) is 5.24. The normalized spacial score (nSPS) is 21.8. The molecule has 15 heavy (non-hydrogen) atoms. The third-order valence-corrected chi connectivity index (χ3v) is 5.00. The van der Waals surface area contributed by atoms with Gasteiger partial charge in [-0.15, -0.1) is 22.9 Å². The Bertz CT molecular complexity index is 322. The molecule has 84 valence electrons. The molecule has 1 heterocycles.